The van der Waals surface area contributed by atoms with Crippen molar-refractivity contribution in [3.63, 3.8) is 0 Å². The molecule has 1 unspecified atom stereocenters. The van der Waals surface area contributed by atoms with Crippen molar-refractivity contribution < 1.29 is 14.3 Å². The minimum atomic E-state index is -1.16. The fraction of sp³-hybridized carbons (Fsp3) is 0.0500. The first-order valence-electron chi connectivity index (χ1n) is 7.91. The smallest absolute Gasteiger partial charge is 0.340 e. The summed E-state index contributed by atoms with van der Waals surface area (Å²) in [5, 5.41) is 0. The number of para-hydroxylation sites is 1. The van der Waals surface area contributed by atoms with Gasteiger partial charge in [-0.15, -0.1) is 0 Å². The number of benzene rings is 3. The largest absolute Gasteiger partial charge is 0.456 e. The third-order valence-corrected chi connectivity index (χ3v) is 4.85. The van der Waals surface area contributed by atoms with E-state index in [-0.39, 0.29) is 5.97 Å². The summed E-state index contributed by atoms with van der Waals surface area (Å²) in [5.74, 6) is 0.777. The highest BCUT2D eigenvalue weighted by atomic mass is 16.6. The van der Waals surface area contributed by atoms with Gasteiger partial charge in [0, 0.05) is 11.1 Å². The SMILES string of the molecule is Nc1ccc2c(c1N)C1(OC(=O)c3ccccc31)c1ccccc1O2. The molecule has 0 radical (unpaired) electrons. The molecule has 0 aromatic heterocycles. The van der Waals surface area contributed by atoms with Gasteiger partial charge in [-0.1, -0.05) is 36.4 Å². The second-order valence-electron chi connectivity index (χ2n) is 6.16. The number of nitrogen functional groups attached to an aromatic ring is 2. The Bertz CT molecular complexity index is 1060. The van der Waals surface area contributed by atoms with Crippen molar-refractivity contribution in [2.75, 3.05) is 11.5 Å². The van der Waals surface area contributed by atoms with E-state index in [1.54, 1.807) is 18.2 Å². The molecule has 3 aromatic carbocycles. The third kappa shape index (κ3) is 1.59. The Kier molecular flexibility index (Phi) is 2.53. The van der Waals surface area contributed by atoms with Gasteiger partial charge in [0.25, 0.3) is 0 Å². The monoisotopic (exact) mass is 330 g/mol. The van der Waals surface area contributed by atoms with Crippen LogP contribution < -0.4 is 16.2 Å². The van der Waals surface area contributed by atoms with Gasteiger partial charge in [-0.05, 0) is 24.3 Å². The Morgan fingerprint density at radius 1 is 0.800 bits per heavy atom. The number of hydrogen-bond donors (Lipinski definition) is 2. The van der Waals surface area contributed by atoms with Crippen LogP contribution in [-0.4, -0.2) is 5.97 Å². The van der Waals surface area contributed by atoms with Crippen LogP contribution >= 0.6 is 0 Å². The van der Waals surface area contributed by atoms with Crippen LogP contribution in [-0.2, 0) is 10.3 Å². The van der Waals surface area contributed by atoms with Crippen LogP contribution in [0.1, 0.15) is 27.0 Å². The minimum absolute atomic E-state index is 0.358. The molecule has 0 saturated heterocycles. The van der Waals surface area contributed by atoms with Gasteiger partial charge < -0.3 is 20.9 Å². The van der Waals surface area contributed by atoms with E-state index in [1.807, 2.05) is 42.5 Å². The molecule has 0 saturated carbocycles. The minimum Gasteiger partial charge on any atom is -0.456 e. The molecule has 3 aromatic rings. The van der Waals surface area contributed by atoms with Crippen LogP contribution in [0.4, 0.5) is 11.4 Å². The summed E-state index contributed by atoms with van der Waals surface area (Å²) in [6.45, 7) is 0. The lowest BCUT2D eigenvalue weighted by Gasteiger charge is -2.37. The molecule has 2 heterocycles. The van der Waals surface area contributed by atoms with Gasteiger partial charge in [0.2, 0.25) is 0 Å². The van der Waals surface area contributed by atoms with E-state index >= 15 is 0 Å². The van der Waals surface area contributed by atoms with Crippen molar-refractivity contribution in [2.45, 2.75) is 5.60 Å². The van der Waals surface area contributed by atoms with Crippen LogP contribution in [0, 0.1) is 0 Å². The predicted molar refractivity (Wildman–Crippen MR) is 93.5 cm³/mol. The molecule has 0 amide bonds. The van der Waals surface area contributed by atoms with Crippen molar-refractivity contribution in [2.24, 2.45) is 0 Å². The maximum Gasteiger partial charge on any atom is 0.340 e. The number of hydrogen-bond acceptors (Lipinski definition) is 5. The van der Waals surface area contributed by atoms with Crippen LogP contribution in [0.2, 0.25) is 0 Å². The van der Waals surface area contributed by atoms with Gasteiger partial charge in [-0.25, -0.2) is 4.79 Å². The molecule has 122 valence electrons. The highest BCUT2D eigenvalue weighted by Crippen LogP contribution is 2.58. The Hall–Kier alpha value is -3.47. The number of carbonyl (C=O) groups excluding carboxylic acids is 1. The van der Waals surface area contributed by atoms with Gasteiger partial charge in [-0.3, -0.25) is 0 Å². The average Bonchev–Trinajstić information content (AvgIpc) is 2.92. The van der Waals surface area contributed by atoms with Crippen molar-refractivity contribution in [3.8, 4) is 11.5 Å². The molecule has 4 N–H and O–H groups in total. The summed E-state index contributed by atoms with van der Waals surface area (Å²) >= 11 is 0. The molecular weight excluding hydrogens is 316 g/mol. The summed E-state index contributed by atoms with van der Waals surface area (Å²) in [6.07, 6.45) is 0. The Balaban J connectivity index is 1.96. The summed E-state index contributed by atoms with van der Waals surface area (Å²) in [5.41, 5.74) is 14.6. The Labute approximate surface area is 143 Å². The van der Waals surface area contributed by atoms with Gasteiger partial charge in [0.15, 0.2) is 5.60 Å². The number of anilines is 2. The number of carbonyl (C=O) groups is 1. The highest BCUT2D eigenvalue weighted by molar-refractivity contribution is 5.98. The zero-order valence-electron chi connectivity index (χ0n) is 13.2. The number of nitrogens with two attached hydrogens (primary N) is 2. The number of fused-ring (bicyclic) bond motifs is 6. The molecule has 1 spiro atoms. The lowest BCUT2D eigenvalue weighted by Crippen LogP contribution is -2.34. The van der Waals surface area contributed by atoms with Gasteiger partial charge >= 0.3 is 5.97 Å². The summed E-state index contributed by atoms with van der Waals surface area (Å²) in [4.78, 5) is 12.6. The van der Waals surface area contributed by atoms with Crippen molar-refractivity contribution in [1.82, 2.24) is 0 Å². The molecule has 25 heavy (non-hydrogen) atoms. The second kappa shape index (κ2) is 4.54. The molecule has 0 aliphatic carbocycles. The van der Waals surface area contributed by atoms with Crippen molar-refractivity contribution >= 4 is 17.3 Å². The molecule has 5 heteroatoms. The topological polar surface area (TPSA) is 87.6 Å². The normalized spacial score (nSPS) is 19.6. The molecule has 2 aliphatic rings. The van der Waals surface area contributed by atoms with E-state index in [0.29, 0.717) is 34.0 Å². The second-order valence-corrected chi connectivity index (χ2v) is 6.16. The van der Waals surface area contributed by atoms with E-state index in [0.717, 1.165) is 11.1 Å². The quantitative estimate of drug-likeness (QED) is 0.487. The molecular formula is C20H14N2O3. The van der Waals surface area contributed by atoms with Gasteiger partial charge in [0.1, 0.15) is 11.5 Å². The zero-order chi connectivity index (χ0) is 17.2. The molecule has 5 rings (SSSR count). The van der Waals surface area contributed by atoms with Gasteiger partial charge in [-0.2, -0.15) is 0 Å². The standard InChI is InChI=1S/C20H14N2O3/c21-14-9-10-16-17(18(14)22)20(13-7-3-4-8-15(13)24-16)12-6-2-1-5-11(12)19(23)25-20/h1-10H,21-22H2. The third-order valence-electron chi connectivity index (χ3n) is 4.85. The first-order chi connectivity index (χ1) is 12.1. The van der Waals surface area contributed by atoms with E-state index in [1.165, 1.54) is 0 Å². The van der Waals surface area contributed by atoms with E-state index < -0.39 is 5.60 Å². The lowest BCUT2D eigenvalue weighted by atomic mass is 9.77. The maximum absolute atomic E-state index is 12.6. The van der Waals surface area contributed by atoms with Crippen LogP contribution in [0.5, 0.6) is 11.5 Å². The van der Waals surface area contributed by atoms with Crippen LogP contribution in [0.3, 0.4) is 0 Å². The maximum atomic E-state index is 12.6. The molecule has 0 bridgehead atoms. The first-order valence-corrected chi connectivity index (χ1v) is 7.91. The van der Waals surface area contributed by atoms with Gasteiger partial charge in [0.05, 0.1) is 22.5 Å². The molecule has 5 nitrogen and oxygen atoms in total. The first kappa shape index (κ1) is 13.9. The molecule has 1 atom stereocenters. The highest BCUT2D eigenvalue weighted by Gasteiger charge is 2.54. The fourth-order valence-corrected chi connectivity index (χ4v) is 3.77. The number of rotatable bonds is 0. The zero-order valence-corrected chi connectivity index (χ0v) is 13.2. The van der Waals surface area contributed by atoms with Crippen molar-refractivity contribution in [1.29, 1.82) is 0 Å². The van der Waals surface area contributed by atoms with E-state index in [4.69, 9.17) is 20.9 Å². The van der Waals surface area contributed by atoms with E-state index in [9.17, 15) is 4.79 Å². The Morgan fingerprint density at radius 3 is 2.36 bits per heavy atom. The number of esters is 1. The average molecular weight is 330 g/mol. The lowest BCUT2D eigenvalue weighted by molar-refractivity contribution is 0.0227. The summed E-state index contributed by atoms with van der Waals surface area (Å²) < 4.78 is 12.0. The Morgan fingerprint density at radius 2 is 1.52 bits per heavy atom. The predicted octanol–water partition coefficient (Wildman–Crippen LogP) is 3.42. The van der Waals surface area contributed by atoms with Crippen molar-refractivity contribution in [3.05, 3.63) is 82.9 Å². The van der Waals surface area contributed by atoms with Crippen LogP contribution in [0.15, 0.2) is 60.7 Å². The van der Waals surface area contributed by atoms with Crippen LogP contribution in [0.25, 0.3) is 0 Å². The summed E-state index contributed by atoms with van der Waals surface area (Å²) in [6, 6.07) is 18.3. The molecule has 0 fully saturated rings. The van der Waals surface area contributed by atoms with E-state index in [2.05, 4.69) is 0 Å². The molecule has 2 aliphatic heterocycles. The fourth-order valence-electron chi connectivity index (χ4n) is 3.77. The number of ether oxygens (including phenoxy) is 2. The summed E-state index contributed by atoms with van der Waals surface area (Å²) in [7, 11) is 0.